The van der Waals surface area contributed by atoms with Crippen molar-refractivity contribution < 1.29 is 19.1 Å². The second-order valence-corrected chi connectivity index (χ2v) is 14.5. The lowest BCUT2D eigenvalue weighted by atomic mass is 9.98. The molecule has 0 radical (unpaired) electrons. The van der Waals surface area contributed by atoms with E-state index < -0.39 is 12.1 Å². The Hall–Kier alpha value is -5.49. The van der Waals surface area contributed by atoms with E-state index in [1.807, 2.05) is 109 Å². The van der Waals surface area contributed by atoms with Crippen molar-refractivity contribution in [2.45, 2.75) is 96.3 Å². The molecule has 1 N–H and O–H groups in total. The van der Waals surface area contributed by atoms with Gasteiger partial charge in [-0.15, -0.1) is 0 Å². The topological polar surface area (TPSA) is 77.0 Å². The van der Waals surface area contributed by atoms with Gasteiger partial charge in [0.2, 0.25) is 11.9 Å². The van der Waals surface area contributed by atoms with Gasteiger partial charge in [-0.3, -0.25) is 14.6 Å². The summed E-state index contributed by atoms with van der Waals surface area (Å²) in [7, 11) is 0. The Kier molecular flexibility index (Phi) is 14.8. The van der Waals surface area contributed by atoms with E-state index >= 15 is 0 Å². The molecule has 0 aliphatic carbocycles. The highest BCUT2D eigenvalue weighted by Gasteiger charge is 2.40. The van der Waals surface area contributed by atoms with Gasteiger partial charge in [0.1, 0.15) is 24.1 Å². The highest BCUT2D eigenvalue weighted by molar-refractivity contribution is 6.22. The van der Waals surface area contributed by atoms with Crippen molar-refractivity contribution in [3.63, 3.8) is 0 Å². The van der Waals surface area contributed by atoms with Crippen molar-refractivity contribution >= 4 is 17.4 Å². The fourth-order valence-electron chi connectivity index (χ4n) is 7.00. The van der Waals surface area contributed by atoms with Crippen molar-refractivity contribution in [2.24, 2.45) is 4.99 Å². The molecule has 55 heavy (non-hydrogen) atoms. The molecular weight excluding hydrogens is 681 g/mol. The van der Waals surface area contributed by atoms with Crippen LogP contribution in [0.2, 0.25) is 0 Å². The highest BCUT2D eigenvalue weighted by atomic mass is 16.5. The Balaban J connectivity index is 1.05. The molecule has 1 aliphatic heterocycles. The molecule has 1 amide bonds. The molecule has 0 fully saturated rings. The standard InChI is InChI=1S/C49H54N2O4/c1-2-3-4-5-6-7-8-9-10-17-33-50-49(53)42-24-18-23-41(35-42)46-48(47(52)45(51-46)40-21-15-12-16-22-40)55-44-31-27-38(28-32-44)34-37-25-29-43(30-26-37)54-36-39-19-13-11-14-20-39/h11-16,18-32,35,45,48H,2-10,17,33-34,36H2,1H3,(H,50,53). The number of amides is 1. The molecule has 1 aliphatic rings. The molecule has 6 rings (SSSR count). The zero-order valence-corrected chi connectivity index (χ0v) is 32.1. The van der Waals surface area contributed by atoms with Crippen molar-refractivity contribution in [3.8, 4) is 11.5 Å². The Bertz CT molecular complexity index is 1960. The number of Topliss-reactive ketones (excluding diaryl/α,β-unsaturated/α-hetero) is 1. The van der Waals surface area contributed by atoms with Crippen LogP contribution in [0.4, 0.5) is 0 Å². The van der Waals surface area contributed by atoms with Crippen molar-refractivity contribution in [1.29, 1.82) is 0 Å². The first-order chi connectivity index (χ1) is 27.1. The average Bonchev–Trinajstić information content (AvgIpc) is 3.56. The quantitative estimate of drug-likeness (QED) is 0.0762. The number of hydrogen-bond donors (Lipinski definition) is 1. The number of ether oxygens (including phenoxy) is 2. The Morgan fingerprint density at radius 2 is 1.24 bits per heavy atom. The summed E-state index contributed by atoms with van der Waals surface area (Å²) >= 11 is 0. The summed E-state index contributed by atoms with van der Waals surface area (Å²) in [5.74, 6) is 1.17. The summed E-state index contributed by atoms with van der Waals surface area (Å²) in [6.07, 6.45) is 12.4. The zero-order valence-electron chi connectivity index (χ0n) is 32.1. The minimum Gasteiger partial charge on any atom is -0.489 e. The Morgan fingerprint density at radius 3 is 1.89 bits per heavy atom. The molecule has 0 saturated carbocycles. The van der Waals surface area contributed by atoms with Crippen LogP contribution in [0.15, 0.2) is 138 Å². The van der Waals surface area contributed by atoms with E-state index in [2.05, 4.69) is 36.5 Å². The van der Waals surface area contributed by atoms with E-state index in [-0.39, 0.29) is 11.7 Å². The van der Waals surface area contributed by atoms with Gasteiger partial charge in [-0.05, 0) is 71.5 Å². The Labute approximate surface area is 327 Å². The fraction of sp³-hybridized carbons (Fsp3) is 0.327. The van der Waals surface area contributed by atoms with Crippen molar-refractivity contribution in [2.75, 3.05) is 6.54 Å². The van der Waals surface area contributed by atoms with Gasteiger partial charge in [0.25, 0.3) is 5.91 Å². The summed E-state index contributed by atoms with van der Waals surface area (Å²) < 4.78 is 12.4. The van der Waals surface area contributed by atoms with Gasteiger partial charge in [-0.1, -0.05) is 162 Å². The monoisotopic (exact) mass is 734 g/mol. The SMILES string of the molecule is CCCCCCCCCCCCNC(=O)c1cccc(C2=NC(c3ccccc3)C(=O)C2Oc2ccc(Cc3ccc(OCc4ccccc4)cc3)cc2)c1. The minimum absolute atomic E-state index is 0.121. The first kappa shape index (κ1) is 39.2. The molecule has 6 nitrogen and oxygen atoms in total. The lowest BCUT2D eigenvalue weighted by Gasteiger charge is -2.17. The van der Waals surface area contributed by atoms with Crippen LogP contribution in [-0.2, 0) is 17.8 Å². The second-order valence-electron chi connectivity index (χ2n) is 14.5. The van der Waals surface area contributed by atoms with Gasteiger partial charge in [-0.25, -0.2) is 0 Å². The molecule has 2 unspecified atom stereocenters. The second kappa shape index (κ2) is 20.8. The Morgan fingerprint density at radius 1 is 0.636 bits per heavy atom. The maximum atomic E-state index is 14.0. The number of aliphatic imine (C=N–C) groups is 1. The largest absolute Gasteiger partial charge is 0.489 e. The molecule has 0 aromatic heterocycles. The number of nitrogens with zero attached hydrogens (tertiary/aromatic N) is 1. The summed E-state index contributed by atoms with van der Waals surface area (Å²) in [4.78, 5) is 32.1. The van der Waals surface area contributed by atoms with Crippen LogP contribution < -0.4 is 14.8 Å². The third kappa shape index (κ3) is 11.7. The molecule has 284 valence electrons. The predicted molar refractivity (Wildman–Crippen MR) is 222 cm³/mol. The van der Waals surface area contributed by atoms with Crippen LogP contribution in [0.25, 0.3) is 0 Å². The van der Waals surface area contributed by atoms with E-state index in [0.717, 1.165) is 41.7 Å². The summed E-state index contributed by atoms with van der Waals surface area (Å²) in [6.45, 7) is 3.43. The number of unbranched alkanes of at least 4 members (excludes halogenated alkanes) is 9. The molecule has 5 aromatic carbocycles. The molecule has 6 heteroatoms. The number of benzene rings is 5. The van der Waals surface area contributed by atoms with Crippen molar-refractivity contribution in [3.05, 3.63) is 167 Å². The summed E-state index contributed by atoms with van der Waals surface area (Å²) in [5.41, 5.74) is 6.01. The number of carbonyl (C=O) groups is 2. The third-order valence-corrected chi connectivity index (χ3v) is 10.2. The molecule has 0 saturated heterocycles. The minimum atomic E-state index is -0.913. The van der Waals surface area contributed by atoms with Gasteiger partial charge < -0.3 is 14.8 Å². The van der Waals surface area contributed by atoms with Crippen LogP contribution in [0, 0.1) is 0 Å². The zero-order chi connectivity index (χ0) is 38.1. The molecule has 5 aromatic rings. The highest BCUT2D eigenvalue weighted by Crippen LogP contribution is 2.32. The lowest BCUT2D eigenvalue weighted by Crippen LogP contribution is -2.33. The molecule has 0 bridgehead atoms. The van der Waals surface area contributed by atoms with E-state index in [1.165, 1.54) is 56.9 Å². The maximum absolute atomic E-state index is 14.0. The smallest absolute Gasteiger partial charge is 0.251 e. The number of nitrogens with one attached hydrogen (secondary N) is 1. The van der Waals surface area contributed by atoms with Crippen LogP contribution >= 0.6 is 0 Å². The fourth-order valence-corrected chi connectivity index (χ4v) is 7.00. The van der Waals surface area contributed by atoms with E-state index in [0.29, 0.717) is 35.7 Å². The average molecular weight is 735 g/mol. The van der Waals surface area contributed by atoms with Crippen LogP contribution in [-0.4, -0.2) is 30.1 Å². The number of rotatable bonds is 21. The van der Waals surface area contributed by atoms with Crippen LogP contribution in [0.5, 0.6) is 11.5 Å². The third-order valence-electron chi connectivity index (χ3n) is 10.2. The van der Waals surface area contributed by atoms with Crippen LogP contribution in [0.3, 0.4) is 0 Å². The van der Waals surface area contributed by atoms with Gasteiger partial charge >= 0.3 is 0 Å². The van der Waals surface area contributed by atoms with Gasteiger partial charge in [0.05, 0.1) is 5.71 Å². The first-order valence-corrected chi connectivity index (χ1v) is 20.1. The molecule has 0 spiro atoms. The van der Waals surface area contributed by atoms with E-state index in [9.17, 15) is 9.59 Å². The number of carbonyl (C=O) groups excluding carboxylic acids is 2. The maximum Gasteiger partial charge on any atom is 0.251 e. The molecular formula is C49H54N2O4. The van der Waals surface area contributed by atoms with Gasteiger partial charge in [-0.2, -0.15) is 0 Å². The predicted octanol–water partition coefficient (Wildman–Crippen LogP) is 11.1. The van der Waals surface area contributed by atoms with E-state index in [4.69, 9.17) is 14.5 Å². The number of ketones is 1. The van der Waals surface area contributed by atoms with Gasteiger partial charge in [0, 0.05) is 17.7 Å². The number of hydrogen-bond acceptors (Lipinski definition) is 5. The summed E-state index contributed by atoms with van der Waals surface area (Å²) in [6, 6.07) is 42.5. The molecule has 2 atom stereocenters. The first-order valence-electron chi connectivity index (χ1n) is 20.1. The lowest BCUT2D eigenvalue weighted by molar-refractivity contribution is -0.123. The van der Waals surface area contributed by atoms with Crippen LogP contribution in [0.1, 0.15) is 115 Å². The summed E-state index contributed by atoms with van der Waals surface area (Å²) in [5, 5.41) is 3.09. The normalized spacial score (nSPS) is 15.1. The molecule has 1 heterocycles. The van der Waals surface area contributed by atoms with Gasteiger partial charge in [0.15, 0.2) is 0 Å². The van der Waals surface area contributed by atoms with E-state index in [1.54, 1.807) is 0 Å². The van der Waals surface area contributed by atoms with Crippen molar-refractivity contribution in [1.82, 2.24) is 5.32 Å².